The minimum absolute atomic E-state index is 0.0177. The van der Waals surface area contributed by atoms with E-state index in [1.807, 2.05) is 40.1 Å². The van der Waals surface area contributed by atoms with Crippen molar-refractivity contribution < 1.29 is 9.59 Å². The molecule has 0 aliphatic carbocycles. The van der Waals surface area contributed by atoms with Crippen LogP contribution in [0.2, 0.25) is 0 Å². The average molecular weight is 315 g/mol. The normalized spacial score (nSPS) is 24.8. The van der Waals surface area contributed by atoms with Crippen molar-refractivity contribution in [3.63, 3.8) is 0 Å². The van der Waals surface area contributed by atoms with Crippen molar-refractivity contribution in [3.8, 4) is 0 Å². The molecule has 0 bridgehead atoms. The van der Waals surface area contributed by atoms with Gasteiger partial charge in [-0.2, -0.15) is 0 Å². The fraction of sp³-hybridized carbons (Fsp3) is 0.556. The molecule has 23 heavy (non-hydrogen) atoms. The molecule has 124 valence electrons. The highest BCUT2D eigenvalue weighted by Crippen LogP contribution is 2.18. The summed E-state index contributed by atoms with van der Waals surface area (Å²) in [5.74, 6) is 0.681. The van der Waals surface area contributed by atoms with Crippen molar-refractivity contribution in [2.24, 2.45) is 5.92 Å². The number of likely N-dealkylation sites (tertiary alicyclic amines) is 2. The minimum Gasteiger partial charge on any atom is -0.336 e. The third-order valence-corrected chi connectivity index (χ3v) is 4.70. The summed E-state index contributed by atoms with van der Waals surface area (Å²) in [6, 6.07) is 9.88. The first-order chi connectivity index (χ1) is 11.1. The zero-order chi connectivity index (χ0) is 16.2. The van der Waals surface area contributed by atoms with Crippen LogP contribution in [-0.2, 0) is 11.3 Å². The highest BCUT2D eigenvalue weighted by Gasteiger charge is 2.32. The predicted molar refractivity (Wildman–Crippen MR) is 88.8 cm³/mol. The van der Waals surface area contributed by atoms with Crippen molar-refractivity contribution in [1.29, 1.82) is 0 Å². The number of urea groups is 1. The molecule has 2 unspecified atom stereocenters. The molecule has 2 fully saturated rings. The van der Waals surface area contributed by atoms with Crippen LogP contribution in [0.25, 0.3) is 0 Å². The summed E-state index contributed by atoms with van der Waals surface area (Å²) >= 11 is 0. The number of carbonyl (C=O) groups excluding carboxylic acids is 2. The van der Waals surface area contributed by atoms with Gasteiger partial charge in [-0.1, -0.05) is 37.3 Å². The lowest BCUT2D eigenvalue weighted by Gasteiger charge is -2.31. The molecule has 0 spiro atoms. The second-order valence-electron chi connectivity index (χ2n) is 6.80. The molecule has 2 heterocycles. The molecule has 2 aliphatic heterocycles. The molecular formula is C18H25N3O2. The van der Waals surface area contributed by atoms with Crippen LogP contribution in [0.4, 0.5) is 4.79 Å². The molecule has 3 rings (SSSR count). The molecule has 0 saturated carbocycles. The summed E-state index contributed by atoms with van der Waals surface area (Å²) in [5.41, 5.74) is 1.12. The monoisotopic (exact) mass is 315 g/mol. The van der Waals surface area contributed by atoms with Gasteiger partial charge in [0.05, 0.1) is 6.04 Å². The SMILES string of the molecule is CC1CCCN(C(=O)NC2CC(=O)N(Cc3ccccc3)C2)C1. The van der Waals surface area contributed by atoms with Crippen molar-refractivity contribution in [3.05, 3.63) is 35.9 Å². The minimum atomic E-state index is -0.0732. The van der Waals surface area contributed by atoms with Crippen LogP contribution in [0, 0.1) is 5.92 Å². The Labute approximate surface area is 137 Å². The van der Waals surface area contributed by atoms with Crippen molar-refractivity contribution in [2.45, 2.75) is 38.8 Å². The molecule has 0 aromatic heterocycles. The van der Waals surface area contributed by atoms with Gasteiger partial charge >= 0.3 is 6.03 Å². The van der Waals surface area contributed by atoms with Crippen LogP contribution < -0.4 is 5.32 Å². The Morgan fingerprint density at radius 3 is 2.78 bits per heavy atom. The quantitative estimate of drug-likeness (QED) is 0.930. The topological polar surface area (TPSA) is 52.7 Å². The van der Waals surface area contributed by atoms with E-state index in [0.717, 1.165) is 25.1 Å². The Morgan fingerprint density at radius 2 is 2.04 bits per heavy atom. The largest absolute Gasteiger partial charge is 0.336 e. The van der Waals surface area contributed by atoms with E-state index in [4.69, 9.17) is 0 Å². The lowest BCUT2D eigenvalue weighted by Crippen LogP contribution is -2.48. The van der Waals surface area contributed by atoms with Crippen molar-refractivity contribution >= 4 is 11.9 Å². The van der Waals surface area contributed by atoms with Gasteiger partial charge in [0, 0.05) is 32.6 Å². The standard InChI is InChI=1S/C18H25N3O2/c1-14-6-5-9-20(11-14)18(23)19-16-10-17(22)21(13-16)12-15-7-3-2-4-8-15/h2-4,7-8,14,16H,5-6,9-13H2,1H3,(H,19,23). The highest BCUT2D eigenvalue weighted by atomic mass is 16.2. The number of hydrogen-bond donors (Lipinski definition) is 1. The Balaban J connectivity index is 1.52. The van der Waals surface area contributed by atoms with Crippen molar-refractivity contribution in [2.75, 3.05) is 19.6 Å². The van der Waals surface area contributed by atoms with Crippen LogP contribution in [-0.4, -0.2) is 47.4 Å². The zero-order valence-electron chi connectivity index (χ0n) is 13.7. The lowest BCUT2D eigenvalue weighted by atomic mass is 10.0. The van der Waals surface area contributed by atoms with E-state index in [0.29, 0.717) is 25.4 Å². The maximum Gasteiger partial charge on any atom is 0.317 e. The number of benzene rings is 1. The van der Waals surface area contributed by atoms with E-state index in [-0.39, 0.29) is 18.0 Å². The van der Waals surface area contributed by atoms with Crippen LogP contribution in [0.15, 0.2) is 30.3 Å². The van der Waals surface area contributed by atoms with Gasteiger partial charge < -0.3 is 15.1 Å². The second-order valence-corrected chi connectivity index (χ2v) is 6.80. The fourth-order valence-corrected chi connectivity index (χ4v) is 3.47. The third kappa shape index (κ3) is 4.03. The first-order valence-corrected chi connectivity index (χ1v) is 8.49. The molecule has 2 saturated heterocycles. The number of piperidine rings is 1. The third-order valence-electron chi connectivity index (χ3n) is 4.70. The molecule has 2 aliphatic rings. The molecule has 0 radical (unpaired) electrons. The number of nitrogens with zero attached hydrogens (tertiary/aromatic N) is 2. The zero-order valence-corrected chi connectivity index (χ0v) is 13.7. The summed E-state index contributed by atoms with van der Waals surface area (Å²) in [5, 5.41) is 3.04. The molecule has 1 N–H and O–H groups in total. The number of nitrogens with one attached hydrogen (secondary N) is 1. The van der Waals surface area contributed by atoms with E-state index in [1.54, 1.807) is 0 Å². The van der Waals surface area contributed by atoms with Gasteiger partial charge in [-0.3, -0.25) is 4.79 Å². The van der Waals surface area contributed by atoms with E-state index < -0.39 is 0 Å². The Kier molecular flexibility index (Phi) is 4.84. The van der Waals surface area contributed by atoms with Crippen LogP contribution in [0.1, 0.15) is 31.7 Å². The van der Waals surface area contributed by atoms with Gasteiger partial charge in [-0.15, -0.1) is 0 Å². The molecule has 1 aromatic carbocycles. The van der Waals surface area contributed by atoms with E-state index in [1.165, 1.54) is 6.42 Å². The summed E-state index contributed by atoms with van der Waals surface area (Å²) < 4.78 is 0. The van der Waals surface area contributed by atoms with Crippen molar-refractivity contribution in [1.82, 2.24) is 15.1 Å². The van der Waals surface area contributed by atoms with Gasteiger partial charge in [0.15, 0.2) is 0 Å². The van der Waals surface area contributed by atoms with Gasteiger partial charge in [-0.25, -0.2) is 4.79 Å². The fourth-order valence-electron chi connectivity index (χ4n) is 3.47. The summed E-state index contributed by atoms with van der Waals surface area (Å²) in [4.78, 5) is 28.2. The Bertz CT molecular complexity index is 561. The van der Waals surface area contributed by atoms with E-state index in [2.05, 4.69) is 12.2 Å². The van der Waals surface area contributed by atoms with E-state index >= 15 is 0 Å². The first-order valence-electron chi connectivity index (χ1n) is 8.49. The number of carbonyl (C=O) groups is 2. The molecular weight excluding hydrogens is 290 g/mol. The maximum atomic E-state index is 12.4. The average Bonchev–Trinajstić information content (AvgIpc) is 2.88. The van der Waals surface area contributed by atoms with Gasteiger partial charge in [0.2, 0.25) is 5.91 Å². The molecule has 5 heteroatoms. The van der Waals surface area contributed by atoms with Gasteiger partial charge in [0.1, 0.15) is 0 Å². The summed E-state index contributed by atoms with van der Waals surface area (Å²) in [6.07, 6.45) is 2.66. The molecule has 5 nitrogen and oxygen atoms in total. The smallest absolute Gasteiger partial charge is 0.317 e. The second kappa shape index (κ2) is 7.02. The van der Waals surface area contributed by atoms with E-state index in [9.17, 15) is 9.59 Å². The van der Waals surface area contributed by atoms with Crippen LogP contribution >= 0.6 is 0 Å². The first kappa shape index (κ1) is 15.8. The van der Waals surface area contributed by atoms with Gasteiger partial charge in [-0.05, 0) is 24.3 Å². The number of amides is 3. The predicted octanol–water partition coefficient (Wildman–Crippen LogP) is 2.23. The summed E-state index contributed by atoms with van der Waals surface area (Å²) in [6.45, 7) is 5.04. The van der Waals surface area contributed by atoms with Gasteiger partial charge in [0.25, 0.3) is 0 Å². The van der Waals surface area contributed by atoms with Crippen LogP contribution in [0.3, 0.4) is 0 Å². The highest BCUT2D eigenvalue weighted by molar-refractivity contribution is 5.81. The number of hydrogen-bond acceptors (Lipinski definition) is 2. The Morgan fingerprint density at radius 1 is 1.26 bits per heavy atom. The van der Waals surface area contributed by atoms with Crippen LogP contribution in [0.5, 0.6) is 0 Å². The lowest BCUT2D eigenvalue weighted by molar-refractivity contribution is -0.128. The Hall–Kier alpha value is -2.04. The molecule has 1 aromatic rings. The maximum absolute atomic E-state index is 12.4. The number of rotatable bonds is 3. The summed E-state index contributed by atoms with van der Waals surface area (Å²) in [7, 11) is 0. The molecule has 2 atom stereocenters. The molecule has 3 amide bonds.